The number of amides is 1. The van der Waals surface area contributed by atoms with Crippen LogP contribution in [0.3, 0.4) is 0 Å². The quantitative estimate of drug-likeness (QED) is 0.455. The van der Waals surface area contributed by atoms with Crippen LogP contribution in [0.25, 0.3) is 11.3 Å². The number of aromatic nitrogens is 3. The molecule has 1 aromatic carbocycles. The average Bonchev–Trinajstić information content (AvgIpc) is 3.21. The molecular weight excluding hydrogens is 400 g/mol. The normalized spacial score (nSPS) is 19.4. The van der Waals surface area contributed by atoms with Gasteiger partial charge in [0.15, 0.2) is 0 Å². The Morgan fingerprint density at radius 1 is 1.16 bits per heavy atom. The van der Waals surface area contributed by atoms with Gasteiger partial charge >= 0.3 is 0 Å². The standard InChI is InChI=1S/C25H32N6O/c1-16-23(20-11-12-22(27)28-15-20)31-24(29-16)21(13-17-5-3-2-4-6-17)30-25(32)19-9-7-18(14-26)8-10-19/h2-6,11-12,15,18-19,21H,7-10,13-14,26H2,1H3,(H2,27,28)(H,29,31)(H,30,32). The Morgan fingerprint density at radius 3 is 2.56 bits per heavy atom. The first-order valence-corrected chi connectivity index (χ1v) is 11.4. The molecule has 1 saturated carbocycles. The fraction of sp³-hybridized carbons (Fsp3) is 0.400. The molecule has 1 fully saturated rings. The van der Waals surface area contributed by atoms with Crippen molar-refractivity contribution in [3.63, 3.8) is 0 Å². The molecule has 2 heterocycles. The van der Waals surface area contributed by atoms with Gasteiger partial charge in [0.05, 0.1) is 11.7 Å². The van der Waals surface area contributed by atoms with E-state index in [1.807, 2.05) is 31.2 Å². The van der Waals surface area contributed by atoms with E-state index in [2.05, 4.69) is 27.4 Å². The van der Waals surface area contributed by atoms with E-state index in [4.69, 9.17) is 16.5 Å². The highest BCUT2D eigenvalue weighted by molar-refractivity contribution is 5.79. The van der Waals surface area contributed by atoms with Gasteiger partial charge < -0.3 is 21.8 Å². The zero-order valence-electron chi connectivity index (χ0n) is 18.6. The number of nitrogen functional groups attached to an aromatic ring is 1. The second-order valence-electron chi connectivity index (χ2n) is 8.77. The number of rotatable bonds is 7. The van der Waals surface area contributed by atoms with Crippen LogP contribution >= 0.6 is 0 Å². The predicted octanol–water partition coefficient (Wildman–Crippen LogP) is 3.53. The van der Waals surface area contributed by atoms with Crippen molar-refractivity contribution < 1.29 is 4.79 Å². The van der Waals surface area contributed by atoms with Gasteiger partial charge in [-0.1, -0.05) is 30.3 Å². The summed E-state index contributed by atoms with van der Waals surface area (Å²) in [6.07, 6.45) is 6.22. The first kappa shape index (κ1) is 22.0. The number of benzene rings is 1. The molecule has 0 radical (unpaired) electrons. The van der Waals surface area contributed by atoms with Crippen LogP contribution in [-0.2, 0) is 11.2 Å². The van der Waals surface area contributed by atoms with Crippen molar-refractivity contribution in [2.45, 2.75) is 45.1 Å². The lowest BCUT2D eigenvalue weighted by Gasteiger charge is -2.28. The van der Waals surface area contributed by atoms with E-state index in [9.17, 15) is 4.79 Å². The summed E-state index contributed by atoms with van der Waals surface area (Å²) in [6, 6.07) is 13.6. The number of anilines is 1. The minimum absolute atomic E-state index is 0.0351. The second kappa shape index (κ2) is 9.96. The Labute approximate surface area is 189 Å². The minimum Gasteiger partial charge on any atom is -0.384 e. The van der Waals surface area contributed by atoms with Crippen LogP contribution < -0.4 is 16.8 Å². The number of nitrogens with zero attached hydrogens (tertiary/aromatic N) is 2. The van der Waals surface area contributed by atoms with Gasteiger partial charge in [0.2, 0.25) is 5.91 Å². The van der Waals surface area contributed by atoms with Gasteiger partial charge in [0.25, 0.3) is 0 Å². The Bertz CT molecular complexity index is 1020. The number of aromatic amines is 1. The molecule has 6 N–H and O–H groups in total. The summed E-state index contributed by atoms with van der Waals surface area (Å²) < 4.78 is 0. The van der Waals surface area contributed by atoms with Crippen LogP contribution in [0.15, 0.2) is 48.7 Å². The lowest BCUT2D eigenvalue weighted by atomic mass is 9.81. The maximum absolute atomic E-state index is 13.2. The molecular formula is C25H32N6O. The van der Waals surface area contributed by atoms with Crippen molar-refractivity contribution in [3.8, 4) is 11.3 Å². The van der Waals surface area contributed by atoms with Crippen molar-refractivity contribution in [1.82, 2.24) is 20.3 Å². The van der Waals surface area contributed by atoms with Crippen molar-refractivity contribution in [2.24, 2.45) is 17.6 Å². The summed E-state index contributed by atoms with van der Waals surface area (Å²) in [5.41, 5.74) is 15.3. The molecule has 0 bridgehead atoms. The van der Waals surface area contributed by atoms with Crippen molar-refractivity contribution in [3.05, 3.63) is 65.7 Å². The van der Waals surface area contributed by atoms with Gasteiger partial charge in [-0.15, -0.1) is 0 Å². The summed E-state index contributed by atoms with van der Waals surface area (Å²) in [7, 11) is 0. The van der Waals surface area contributed by atoms with Crippen LogP contribution in [0.2, 0.25) is 0 Å². The third kappa shape index (κ3) is 5.16. The molecule has 7 heteroatoms. The number of nitrogens with two attached hydrogens (primary N) is 2. The molecule has 3 aromatic rings. The van der Waals surface area contributed by atoms with Crippen LogP contribution in [-0.4, -0.2) is 27.4 Å². The number of aryl methyl sites for hydroxylation is 1. The van der Waals surface area contributed by atoms with Crippen LogP contribution in [0.1, 0.15) is 48.8 Å². The van der Waals surface area contributed by atoms with Crippen molar-refractivity contribution >= 4 is 11.7 Å². The van der Waals surface area contributed by atoms with E-state index in [1.165, 1.54) is 0 Å². The van der Waals surface area contributed by atoms with E-state index < -0.39 is 0 Å². The number of pyridine rings is 1. The van der Waals surface area contributed by atoms with E-state index in [1.54, 1.807) is 12.3 Å². The average molecular weight is 433 g/mol. The van der Waals surface area contributed by atoms with Gasteiger partial charge in [-0.25, -0.2) is 9.97 Å². The monoisotopic (exact) mass is 432 g/mol. The minimum atomic E-state index is -0.244. The number of nitrogens with one attached hydrogen (secondary N) is 2. The fourth-order valence-corrected chi connectivity index (χ4v) is 4.49. The number of H-pyrrole nitrogens is 1. The third-order valence-electron chi connectivity index (χ3n) is 6.44. The number of imidazole rings is 1. The highest BCUT2D eigenvalue weighted by atomic mass is 16.1. The molecule has 168 valence electrons. The molecule has 32 heavy (non-hydrogen) atoms. The van der Waals surface area contributed by atoms with Gasteiger partial charge in [-0.05, 0) is 69.2 Å². The zero-order valence-corrected chi connectivity index (χ0v) is 18.6. The highest BCUT2D eigenvalue weighted by Gasteiger charge is 2.28. The molecule has 0 saturated heterocycles. The van der Waals surface area contributed by atoms with E-state index in [0.29, 0.717) is 24.7 Å². The number of carbonyl (C=O) groups excluding carboxylic acids is 1. The molecule has 1 unspecified atom stereocenters. The highest BCUT2D eigenvalue weighted by Crippen LogP contribution is 2.30. The van der Waals surface area contributed by atoms with Crippen LogP contribution in [0.5, 0.6) is 0 Å². The number of hydrogen-bond donors (Lipinski definition) is 4. The largest absolute Gasteiger partial charge is 0.384 e. The molecule has 4 rings (SSSR count). The van der Waals surface area contributed by atoms with E-state index >= 15 is 0 Å². The SMILES string of the molecule is Cc1[nH]c(C(Cc2ccccc2)NC(=O)C2CCC(CN)CC2)nc1-c1ccc(N)nc1. The van der Waals surface area contributed by atoms with Gasteiger partial charge in [0.1, 0.15) is 11.6 Å². The molecule has 2 aromatic heterocycles. The lowest BCUT2D eigenvalue weighted by Crippen LogP contribution is -2.37. The molecule has 0 aliphatic heterocycles. The van der Waals surface area contributed by atoms with Gasteiger partial charge in [0, 0.05) is 23.4 Å². The smallest absolute Gasteiger partial charge is 0.223 e. The molecule has 0 spiro atoms. The molecule has 7 nitrogen and oxygen atoms in total. The number of hydrogen-bond acceptors (Lipinski definition) is 5. The molecule has 1 aliphatic carbocycles. The van der Waals surface area contributed by atoms with Crippen LogP contribution in [0.4, 0.5) is 5.82 Å². The molecule has 1 atom stereocenters. The Morgan fingerprint density at radius 2 is 1.91 bits per heavy atom. The zero-order chi connectivity index (χ0) is 22.5. The summed E-state index contributed by atoms with van der Waals surface area (Å²) in [5.74, 6) is 1.91. The van der Waals surface area contributed by atoms with Crippen LogP contribution in [0, 0.1) is 18.8 Å². The Kier molecular flexibility index (Phi) is 6.85. The summed E-state index contributed by atoms with van der Waals surface area (Å²) in [4.78, 5) is 25.6. The fourth-order valence-electron chi connectivity index (χ4n) is 4.49. The Balaban J connectivity index is 1.56. The lowest BCUT2D eigenvalue weighted by molar-refractivity contribution is -0.127. The summed E-state index contributed by atoms with van der Waals surface area (Å²) in [6.45, 7) is 2.69. The maximum Gasteiger partial charge on any atom is 0.223 e. The topological polar surface area (TPSA) is 123 Å². The summed E-state index contributed by atoms with van der Waals surface area (Å²) in [5, 5.41) is 3.29. The first-order chi connectivity index (χ1) is 15.5. The van der Waals surface area contributed by atoms with Crippen molar-refractivity contribution in [2.75, 3.05) is 12.3 Å². The predicted molar refractivity (Wildman–Crippen MR) is 127 cm³/mol. The van der Waals surface area contributed by atoms with Gasteiger partial charge in [-0.2, -0.15) is 0 Å². The molecule has 1 aliphatic rings. The van der Waals surface area contributed by atoms with E-state index in [0.717, 1.165) is 54.0 Å². The maximum atomic E-state index is 13.2. The first-order valence-electron chi connectivity index (χ1n) is 11.4. The van der Waals surface area contributed by atoms with Gasteiger partial charge in [-0.3, -0.25) is 4.79 Å². The van der Waals surface area contributed by atoms with E-state index in [-0.39, 0.29) is 17.9 Å². The third-order valence-corrected chi connectivity index (χ3v) is 6.44. The Hall–Kier alpha value is -3.19. The number of carbonyl (C=O) groups is 1. The second-order valence-corrected chi connectivity index (χ2v) is 8.77. The van der Waals surface area contributed by atoms with Crippen molar-refractivity contribution in [1.29, 1.82) is 0 Å². The summed E-state index contributed by atoms with van der Waals surface area (Å²) >= 11 is 0. The molecule has 1 amide bonds.